The van der Waals surface area contributed by atoms with Crippen molar-refractivity contribution >= 4 is 61.6 Å². The summed E-state index contributed by atoms with van der Waals surface area (Å²) in [5, 5.41) is 5.73. The Balaban J connectivity index is 1.42. The number of nitrogens with zero attached hydrogens (tertiary/aromatic N) is 1. The molecule has 0 radical (unpaired) electrons. The maximum atomic E-state index is 13.1. The van der Waals surface area contributed by atoms with E-state index in [0.29, 0.717) is 9.90 Å². The smallest absolute Gasteiger partial charge is 0.262 e. The van der Waals surface area contributed by atoms with E-state index in [-0.39, 0.29) is 11.3 Å². The molecule has 4 N–H and O–H groups in total. The van der Waals surface area contributed by atoms with Crippen LogP contribution in [0.4, 0.5) is 0 Å². The van der Waals surface area contributed by atoms with E-state index in [2.05, 4.69) is 21.2 Å². The first-order valence-electron chi connectivity index (χ1n) is 11.3. The molecule has 0 bridgehead atoms. The number of carbonyl (C=O) groups is 3. The molecule has 2 aromatic carbocycles. The molecule has 0 saturated heterocycles. The summed E-state index contributed by atoms with van der Waals surface area (Å²) in [6.45, 7) is -0.556. The van der Waals surface area contributed by atoms with Gasteiger partial charge in [0.15, 0.2) is 0 Å². The molecule has 38 heavy (non-hydrogen) atoms. The van der Waals surface area contributed by atoms with Gasteiger partial charge in [-0.05, 0) is 47.3 Å². The number of hydrazine groups is 1. The first-order valence-corrected chi connectivity index (χ1v) is 14.0. The first kappa shape index (κ1) is 27.3. The van der Waals surface area contributed by atoms with E-state index in [1.54, 1.807) is 23.7 Å². The van der Waals surface area contributed by atoms with Crippen LogP contribution in [0, 0.1) is 0 Å². The van der Waals surface area contributed by atoms with Crippen molar-refractivity contribution in [1.29, 1.82) is 0 Å². The second kappa shape index (κ2) is 11.8. The van der Waals surface area contributed by atoms with Crippen molar-refractivity contribution in [3.05, 3.63) is 87.7 Å². The Morgan fingerprint density at radius 1 is 1.03 bits per heavy atom. The SMILES string of the molecule is CN(CC(=O)NNC(=O)[C@H](Cc1c[nH]c2ccccc12)NC(=O)c1cccs1)S(=O)(=O)c1ccc(Cl)cc1. The summed E-state index contributed by atoms with van der Waals surface area (Å²) in [6, 6.07) is 15.4. The number of aromatic nitrogens is 1. The Hall–Kier alpha value is -3.71. The van der Waals surface area contributed by atoms with Gasteiger partial charge in [-0.25, -0.2) is 8.42 Å². The number of benzene rings is 2. The Morgan fingerprint density at radius 3 is 2.47 bits per heavy atom. The molecule has 4 rings (SSSR count). The molecular weight excluding hydrogens is 550 g/mol. The van der Waals surface area contributed by atoms with Gasteiger partial charge in [0, 0.05) is 35.6 Å². The molecule has 2 aromatic heterocycles. The van der Waals surface area contributed by atoms with Gasteiger partial charge in [-0.2, -0.15) is 4.31 Å². The lowest BCUT2D eigenvalue weighted by Gasteiger charge is -2.20. The van der Waals surface area contributed by atoms with Crippen LogP contribution in [0.1, 0.15) is 15.2 Å². The molecular formula is C25H24ClN5O5S2. The second-order valence-electron chi connectivity index (χ2n) is 8.32. The number of sulfonamides is 1. The molecule has 0 saturated carbocycles. The fourth-order valence-corrected chi connectivity index (χ4v) is 5.58. The van der Waals surface area contributed by atoms with E-state index >= 15 is 0 Å². The molecule has 198 valence electrons. The van der Waals surface area contributed by atoms with E-state index < -0.39 is 40.3 Å². The first-order chi connectivity index (χ1) is 18.1. The number of hydrogen-bond donors (Lipinski definition) is 4. The van der Waals surface area contributed by atoms with Crippen molar-refractivity contribution < 1.29 is 22.8 Å². The zero-order chi connectivity index (χ0) is 27.3. The monoisotopic (exact) mass is 573 g/mol. The average Bonchev–Trinajstić information content (AvgIpc) is 3.58. The summed E-state index contributed by atoms with van der Waals surface area (Å²) in [7, 11) is -2.72. The third kappa shape index (κ3) is 6.40. The summed E-state index contributed by atoms with van der Waals surface area (Å²) in [4.78, 5) is 41.8. The van der Waals surface area contributed by atoms with Crippen molar-refractivity contribution in [3.8, 4) is 0 Å². The van der Waals surface area contributed by atoms with Crippen LogP contribution in [0.15, 0.2) is 77.1 Å². The largest absolute Gasteiger partial charge is 0.361 e. The van der Waals surface area contributed by atoms with E-state index in [1.165, 1.54) is 42.6 Å². The Morgan fingerprint density at radius 2 is 1.76 bits per heavy atom. The van der Waals surface area contributed by atoms with Gasteiger partial charge in [-0.1, -0.05) is 35.9 Å². The van der Waals surface area contributed by atoms with Gasteiger partial charge in [-0.3, -0.25) is 25.2 Å². The maximum Gasteiger partial charge on any atom is 0.262 e. The lowest BCUT2D eigenvalue weighted by Crippen LogP contribution is -2.54. The van der Waals surface area contributed by atoms with Crippen LogP contribution in [0.3, 0.4) is 0 Å². The molecule has 0 aliphatic rings. The van der Waals surface area contributed by atoms with Crippen molar-refractivity contribution in [3.63, 3.8) is 0 Å². The number of fused-ring (bicyclic) bond motifs is 1. The lowest BCUT2D eigenvalue weighted by atomic mass is 10.0. The number of rotatable bonds is 9. The van der Waals surface area contributed by atoms with Gasteiger partial charge in [0.2, 0.25) is 10.0 Å². The number of likely N-dealkylation sites (N-methyl/N-ethyl adjacent to an activating group) is 1. The van der Waals surface area contributed by atoms with Crippen LogP contribution >= 0.6 is 22.9 Å². The molecule has 0 aliphatic heterocycles. The van der Waals surface area contributed by atoms with Crippen molar-refractivity contribution in [2.45, 2.75) is 17.4 Å². The normalized spacial score (nSPS) is 12.3. The van der Waals surface area contributed by atoms with Gasteiger partial charge >= 0.3 is 0 Å². The van der Waals surface area contributed by atoms with E-state index in [9.17, 15) is 22.8 Å². The quantitative estimate of drug-likeness (QED) is 0.228. The Labute approximate surface area is 228 Å². The number of hydrogen-bond acceptors (Lipinski definition) is 6. The molecule has 3 amide bonds. The predicted molar refractivity (Wildman–Crippen MR) is 145 cm³/mol. The highest BCUT2D eigenvalue weighted by Gasteiger charge is 2.26. The number of aromatic amines is 1. The standard InChI is InChI=1S/C25H24ClN5O5S2/c1-31(38(35,36)18-10-8-17(26)9-11-18)15-23(32)29-30-24(33)21(28-25(34)22-7-4-12-37-22)13-16-14-27-20-6-3-2-5-19(16)20/h2-12,14,21,27H,13,15H2,1H3,(H,28,34)(H,29,32)(H,30,33)/t21-/m0/s1. The highest BCUT2D eigenvalue weighted by atomic mass is 35.5. The molecule has 13 heteroatoms. The summed E-state index contributed by atoms with van der Waals surface area (Å²) in [5.74, 6) is -1.87. The zero-order valence-corrected chi connectivity index (χ0v) is 22.5. The van der Waals surface area contributed by atoms with Gasteiger partial charge in [0.1, 0.15) is 6.04 Å². The minimum atomic E-state index is -3.96. The molecule has 0 fully saturated rings. The van der Waals surface area contributed by atoms with Crippen LogP contribution in [-0.2, 0) is 26.0 Å². The van der Waals surface area contributed by atoms with Crippen molar-refractivity contribution in [2.75, 3.05) is 13.6 Å². The highest BCUT2D eigenvalue weighted by molar-refractivity contribution is 7.89. The number of H-pyrrole nitrogens is 1. The molecule has 1 atom stereocenters. The second-order valence-corrected chi connectivity index (χ2v) is 11.7. The van der Waals surface area contributed by atoms with E-state index in [0.717, 1.165) is 20.8 Å². The fraction of sp³-hybridized carbons (Fsp3) is 0.160. The Bertz CT molecular complexity index is 1550. The minimum absolute atomic E-state index is 0.0312. The molecule has 4 aromatic rings. The van der Waals surface area contributed by atoms with Crippen LogP contribution in [0.25, 0.3) is 10.9 Å². The van der Waals surface area contributed by atoms with Crippen LogP contribution < -0.4 is 16.2 Å². The maximum absolute atomic E-state index is 13.1. The Kier molecular flexibility index (Phi) is 8.47. The average molecular weight is 574 g/mol. The summed E-state index contributed by atoms with van der Waals surface area (Å²) >= 11 is 7.05. The zero-order valence-electron chi connectivity index (χ0n) is 20.1. The lowest BCUT2D eigenvalue weighted by molar-refractivity contribution is -0.129. The highest BCUT2D eigenvalue weighted by Crippen LogP contribution is 2.20. The predicted octanol–water partition coefficient (Wildman–Crippen LogP) is 2.69. The topological polar surface area (TPSA) is 140 Å². The molecule has 0 aliphatic carbocycles. The van der Waals surface area contributed by atoms with E-state index in [4.69, 9.17) is 11.6 Å². The van der Waals surface area contributed by atoms with E-state index in [1.807, 2.05) is 24.3 Å². The number of amides is 3. The molecule has 10 nitrogen and oxygen atoms in total. The molecule has 0 unspecified atom stereocenters. The number of halogens is 1. The van der Waals surface area contributed by atoms with Gasteiger partial charge < -0.3 is 10.3 Å². The third-order valence-corrected chi connectivity index (χ3v) is 8.62. The summed E-state index contributed by atoms with van der Waals surface area (Å²) < 4.78 is 26.3. The molecule has 0 spiro atoms. The van der Waals surface area contributed by atoms with Crippen molar-refractivity contribution in [1.82, 2.24) is 25.5 Å². The van der Waals surface area contributed by atoms with Crippen LogP contribution in [0.5, 0.6) is 0 Å². The summed E-state index contributed by atoms with van der Waals surface area (Å²) in [5.41, 5.74) is 6.21. The number of thiophene rings is 1. The summed E-state index contributed by atoms with van der Waals surface area (Å²) in [6.07, 6.45) is 1.91. The number of para-hydroxylation sites is 1. The van der Waals surface area contributed by atoms with Crippen LogP contribution in [-0.4, -0.2) is 55.1 Å². The molecule has 2 heterocycles. The van der Waals surface area contributed by atoms with Gasteiger partial charge in [0.25, 0.3) is 17.7 Å². The van der Waals surface area contributed by atoms with Gasteiger partial charge in [-0.15, -0.1) is 11.3 Å². The fourth-order valence-electron chi connectivity index (χ4n) is 3.70. The number of carbonyl (C=O) groups excluding carboxylic acids is 3. The van der Waals surface area contributed by atoms with Gasteiger partial charge in [0.05, 0.1) is 16.3 Å². The van der Waals surface area contributed by atoms with Crippen molar-refractivity contribution in [2.24, 2.45) is 0 Å². The van der Waals surface area contributed by atoms with Crippen LogP contribution in [0.2, 0.25) is 5.02 Å². The number of nitrogens with one attached hydrogen (secondary N) is 4. The minimum Gasteiger partial charge on any atom is -0.361 e. The third-order valence-electron chi connectivity index (χ3n) is 5.68.